The maximum absolute atomic E-state index is 15.2. The van der Waals surface area contributed by atoms with Crippen molar-refractivity contribution < 1.29 is 19.0 Å². The number of hydrogen-bond acceptors (Lipinski definition) is 6. The predicted molar refractivity (Wildman–Crippen MR) is 106 cm³/mol. The van der Waals surface area contributed by atoms with Crippen LogP contribution in [0.4, 0.5) is 15.8 Å². The van der Waals surface area contributed by atoms with Crippen molar-refractivity contribution >= 4 is 28.2 Å². The summed E-state index contributed by atoms with van der Waals surface area (Å²) in [4.78, 5) is 26.2. The van der Waals surface area contributed by atoms with Gasteiger partial charge in [-0.25, -0.2) is 9.18 Å². The monoisotopic (exact) mass is 396 g/mol. The van der Waals surface area contributed by atoms with Crippen LogP contribution in [0.3, 0.4) is 0 Å². The van der Waals surface area contributed by atoms with E-state index < -0.39 is 22.8 Å². The Morgan fingerprint density at radius 2 is 2.10 bits per heavy atom. The first-order chi connectivity index (χ1) is 13.8. The lowest BCUT2D eigenvalue weighted by molar-refractivity contribution is 0.0695. The van der Waals surface area contributed by atoms with Gasteiger partial charge in [0.2, 0.25) is 5.43 Å². The third-order valence-corrected chi connectivity index (χ3v) is 5.40. The number of halogens is 1. The van der Waals surface area contributed by atoms with Crippen LogP contribution in [0.2, 0.25) is 0 Å². The van der Waals surface area contributed by atoms with Crippen LogP contribution in [-0.2, 0) is 0 Å². The van der Waals surface area contributed by atoms with Crippen molar-refractivity contribution in [2.75, 3.05) is 23.7 Å². The molecule has 0 radical (unpaired) electrons. The smallest absolute Gasteiger partial charge is 0.341 e. The van der Waals surface area contributed by atoms with Crippen LogP contribution >= 0.6 is 0 Å². The van der Waals surface area contributed by atoms with Crippen molar-refractivity contribution in [2.24, 2.45) is 5.73 Å². The van der Waals surface area contributed by atoms with E-state index in [0.29, 0.717) is 42.2 Å². The van der Waals surface area contributed by atoms with Crippen molar-refractivity contribution in [3.05, 3.63) is 52.1 Å². The minimum absolute atomic E-state index is 0.0629. The van der Waals surface area contributed by atoms with Gasteiger partial charge in [-0.05, 0) is 24.6 Å². The van der Waals surface area contributed by atoms with E-state index in [0.717, 1.165) is 6.07 Å². The zero-order chi connectivity index (χ0) is 20.4. The molecule has 3 heterocycles. The van der Waals surface area contributed by atoms with Gasteiger partial charge in [-0.15, -0.1) is 0 Å². The summed E-state index contributed by atoms with van der Waals surface area (Å²) < 4.78 is 22.8. The van der Waals surface area contributed by atoms with Crippen molar-refractivity contribution in [1.82, 2.24) is 4.57 Å². The largest absolute Gasteiger partial charge is 0.477 e. The van der Waals surface area contributed by atoms with E-state index >= 15 is 4.39 Å². The molecule has 5 rings (SSSR count). The average Bonchev–Trinajstić information content (AvgIpc) is 3.08. The quantitative estimate of drug-likeness (QED) is 0.443. The minimum atomic E-state index is -1.39. The van der Waals surface area contributed by atoms with Crippen molar-refractivity contribution in [2.45, 2.75) is 12.5 Å². The maximum atomic E-state index is 15.2. The van der Waals surface area contributed by atoms with Gasteiger partial charge in [-0.2, -0.15) is 0 Å². The van der Waals surface area contributed by atoms with Gasteiger partial charge >= 0.3 is 5.97 Å². The van der Waals surface area contributed by atoms with Crippen LogP contribution in [0.5, 0.6) is 11.5 Å². The Morgan fingerprint density at radius 1 is 1.31 bits per heavy atom. The van der Waals surface area contributed by atoms with Gasteiger partial charge in [0.05, 0.1) is 11.1 Å². The summed E-state index contributed by atoms with van der Waals surface area (Å²) in [6.45, 7) is 0.987. The molecule has 9 heteroatoms. The number of aromatic nitrogens is 1. The number of fused-ring (bicyclic) bond motifs is 2. The average molecular weight is 396 g/mol. The second-order valence-electron chi connectivity index (χ2n) is 7.30. The summed E-state index contributed by atoms with van der Waals surface area (Å²) in [5.41, 5.74) is 12.1. The number of rotatable bonds is 2. The first-order valence-electron chi connectivity index (χ1n) is 9.08. The molecule has 0 aliphatic carbocycles. The molecule has 1 atom stereocenters. The molecule has 29 heavy (non-hydrogen) atoms. The van der Waals surface area contributed by atoms with Crippen molar-refractivity contribution in [1.29, 1.82) is 0 Å². The molecule has 3 aromatic rings. The third kappa shape index (κ3) is 2.47. The van der Waals surface area contributed by atoms with E-state index in [1.807, 2.05) is 0 Å². The van der Waals surface area contributed by atoms with Crippen LogP contribution in [0.15, 0.2) is 35.3 Å². The van der Waals surface area contributed by atoms with Gasteiger partial charge < -0.3 is 30.8 Å². The van der Waals surface area contributed by atoms with E-state index in [9.17, 15) is 14.7 Å². The van der Waals surface area contributed by atoms with Crippen LogP contribution in [0.1, 0.15) is 16.8 Å². The number of pyridine rings is 1. The molecular formula is C20H17FN4O4. The van der Waals surface area contributed by atoms with E-state index in [-0.39, 0.29) is 22.9 Å². The second kappa shape index (κ2) is 5.95. The highest BCUT2D eigenvalue weighted by Crippen LogP contribution is 2.47. The molecule has 1 fully saturated rings. The summed E-state index contributed by atoms with van der Waals surface area (Å²) in [5.74, 6) is -1.56. The molecule has 2 aliphatic rings. The molecule has 2 aliphatic heterocycles. The lowest BCUT2D eigenvalue weighted by Crippen LogP contribution is -2.28. The molecule has 0 saturated carbocycles. The fourth-order valence-electron chi connectivity index (χ4n) is 4.06. The summed E-state index contributed by atoms with van der Waals surface area (Å²) in [7, 11) is 0. The SMILES string of the molecule is Nc1ccc2c(c1)Oc1c(N3CC[C@H](N)C3)c(F)cc3c(=O)c(C(=O)O)cn-2c13. The van der Waals surface area contributed by atoms with Gasteiger partial charge in [-0.1, -0.05) is 0 Å². The van der Waals surface area contributed by atoms with Gasteiger partial charge in [0.1, 0.15) is 16.8 Å². The molecule has 0 amide bonds. The number of benzene rings is 2. The summed E-state index contributed by atoms with van der Waals surface area (Å²) in [5, 5.41) is 9.41. The number of nitrogens with zero attached hydrogens (tertiary/aromatic N) is 2. The van der Waals surface area contributed by atoms with Gasteiger partial charge in [-0.3, -0.25) is 4.79 Å². The standard InChI is InChI=1S/C20H17FN4O4/c21-13-6-11-16-19(17(13)24-4-3-10(23)7-24)29-15-5-9(22)1-2-14(15)25(16)8-12(18(11)26)20(27)28/h1-2,5-6,8,10H,3-4,7,22-23H2,(H,27,28)/t10-/m0/s1. The second-order valence-corrected chi connectivity index (χ2v) is 7.30. The fourth-order valence-corrected chi connectivity index (χ4v) is 4.06. The van der Waals surface area contributed by atoms with Crippen molar-refractivity contribution in [3.63, 3.8) is 0 Å². The first kappa shape index (κ1) is 17.5. The topological polar surface area (TPSA) is 124 Å². The lowest BCUT2D eigenvalue weighted by Gasteiger charge is -2.29. The number of ether oxygens (including phenoxy) is 1. The Morgan fingerprint density at radius 3 is 2.79 bits per heavy atom. The molecular weight excluding hydrogens is 379 g/mol. The lowest BCUT2D eigenvalue weighted by atomic mass is 10.1. The number of carboxylic acid groups (broad SMARTS) is 1. The molecule has 8 nitrogen and oxygen atoms in total. The van der Waals surface area contributed by atoms with E-state index in [4.69, 9.17) is 16.2 Å². The van der Waals surface area contributed by atoms with Gasteiger partial charge in [0, 0.05) is 37.1 Å². The highest BCUT2D eigenvalue weighted by Gasteiger charge is 2.32. The normalized spacial score (nSPS) is 17.3. The number of anilines is 2. The number of carboxylic acids is 1. The Kier molecular flexibility index (Phi) is 3.59. The van der Waals surface area contributed by atoms with E-state index in [1.165, 1.54) is 6.20 Å². The summed E-state index contributed by atoms with van der Waals surface area (Å²) in [6, 6.07) is 5.86. The first-order valence-corrected chi connectivity index (χ1v) is 9.08. The van der Waals surface area contributed by atoms with E-state index in [1.54, 1.807) is 27.7 Å². The van der Waals surface area contributed by atoms with Crippen LogP contribution in [0, 0.1) is 5.82 Å². The molecule has 0 bridgehead atoms. The third-order valence-electron chi connectivity index (χ3n) is 5.40. The molecule has 0 unspecified atom stereocenters. The fraction of sp³-hybridized carbons (Fsp3) is 0.200. The van der Waals surface area contributed by atoms with Crippen molar-refractivity contribution in [3.8, 4) is 17.2 Å². The summed E-state index contributed by atoms with van der Waals surface area (Å²) in [6.07, 6.45) is 1.94. The highest BCUT2D eigenvalue weighted by molar-refractivity contribution is 5.99. The van der Waals surface area contributed by atoms with Crippen LogP contribution < -0.4 is 26.5 Å². The maximum Gasteiger partial charge on any atom is 0.341 e. The Labute approximate surface area is 163 Å². The van der Waals surface area contributed by atoms with Gasteiger partial charge in [0.25, 0.3) is 0 Å². The number of aromatic carboxylic acids is 1. The Hall–Kier alpha value is -3.59. The zero-order valence-electron chi connectivity index (χ0n) is 15.2. The molecule has 2 aromatic carbocycles. The van der Waals surface area contributed by atoms with Gasteiger partial charge in [0.15, 0.2) is 17.3 Å². The van der Waals surface area contributed by atoms with E-state index in [2.05, 4.69) is 0 Å². The molecule has 0 spiro atoms. The predicted octanol–water partition coefficient (Wildman–Crippen LogP) is 2.05. The summed E-state index contributed by atoms with van der Waals surface area (Å²) >= 11 is 0. The minimum Gasteiger partial charge on any atom is -0.477 e. The number of nitrogen functional groups attached to an aromatic ring is 1. The Bertz CT molecular complexity index is 1270. The highest BCUT2D eigenvalue weighted by atomic mass is 19.1. The number of carbonyl (C=O) groups is 1. The van der Waals surface area contributed by atoms with Crippen LogP contribution in [0.25, 0.3) is 16.6 Å². The molecule has 1 aromatic heterocycles. The zero-order valence-corrected chi connectivity index (χ0v) is 15.2. The Balaban J connectivity index is 1.91. The number of hydrogen-bond donors (Lipinski definition) is 3. The molecule has 148 valence electrons. The number of nitrogens with two attached hydrogens (primary N) is 2. The van der Waals surface area contributed by atoms with Crippen LogP contribution in [-0.4, -0.2) is 34.8 Å². The molecule has 5 N–H and O–H groups in total. The molecule has 1 saturated heterocycles.